The van der Waals surface area contributed by atoms with E-state index >= 15 is 0 Å². The van der Waals surface area contributed by atoms with E-state index in [1.165, 1.54) is 139 Å². The Kier molecular flexibility index (Phi) is 19.4. The van der Waals surface area contributed by atoms with E-state index in [2.05, 4.69) is 482 Å². The molecule has 0 bridgehead atoms. The van der Waals surface area contributed by atoms with Crippen LogP contribution in [0.5, 0.6) is 0 Å². The molecule has 0 spiro atoms. The lowest BCUT2D eigenvalue weighted by molar-refractivity contribution is 0.673. The Labute approximate surface area is 854 Å². The third-order valence-electron chi connectivity index (χ3n) is 31.2. The quantitative estimate of drug-likeness (QED) is 0.125. The Morgan fingerprint density at radius 1 is 0.218 bits per heavy atom. The third kappa shape index (κ3) is 13.2. The minimum absolute atomic E-state index is 0.760. The molecule has 0 saturated heterocycles. The second-order valence-electron chi connectivity index (χ2n) is 40.6. The van der Waals surface area contributed by atoms with Crippen LogP contribution in [0.25, 0.3) is 254 Å². The van der Waals surface area contributed by atoms with Crippen molar-refractivity contribution < 1.29 is 4.42 Å². The van der Waals surface area contributed by atoms with Gasteiger partial charge < -0.3 is 22.7 Å². The van der Waals surface area contributed by atoms with Crippen LogP contribution >= 0.6 is 11.3 Å². The van der Waals surface area contributed by atoms with E-state index in [9.17, 15) is 0 Å². The molecule has 19 aromatic carbocycles. The average molecular weight is 1950 g/mol. The van der Waals surface area contributed by atoms with Crippen molar-refractivity contribution in [2.24, 2.45) is 0 Å². The molecule has 3 aliphatic heterocycles. The first kappa shape index (κ1) is 86.0. The molecule has 15 heteroatoms. The highest BCUT2D eigenvalue weighted by molar-refractivity contribution is 7.26. The summed E-state index contributed by atoms with van der Waals surface area (Å²) in [6, 6.07) is 161. The SMILES string of the molecule is C[Si]1(C)c2ccccc2-c2nc(-c3ccccc3)nc(-c3cccc(-n4c5ccccc5c5c4ccc4c6ccccc6n(-c6ccccc6)c45)c3)c21.C[Si]1(C)c2ccccc2-c2nc(-c3ccccc3)nc(-c3cccc(-n4c5ccccc5c5c6oc7ccccc7c6ccc54)c3)c21.C[Si]1(C)c2ccccc2-c2nc(-c3ccccc3)nc(-c3cccc(-n4c5ccccc5c5c6sc7ccccc7c6ccc54)c3)c21. The van der Waals surface area contributed by atoms with Crippen molar-refractivity contribution in [3.63, 3.8) is 0 Å². The monoisotopic (exact) mass is 1950 g/mol. The molecule has 0 fully saturated rings. The fraction of sp³-hybridized carbons (Fsp3) is 0.0455. The number of hydrogen-bond donors (Lipinski definition) is 0. The molecule has 0 radical (unpaired) electrons. The number of fused-ring (bicyclic) bond motifs is 30. The van der Waals surface area contributed by atoms with Gasteiger partial charge in [0.2, 0.25) is 0 Å². The first-order valence-electron chi connectivity index (χ1n) is 50.5. The predicted octanol–water partition coefficient (Wildman–Crippen LogP) is 30.5. The van der Waals surface area contributed by atoms with Gasteiger partial charge in [0.05, 0.1) is 83.7 Å². The lowest BCUT2D eigenvalue weighted by Crippen LogP contribution is -2.50. The molecule has 3 aliphatic rings. The Bertz CT molecular complexity index is 10000. The summed E-state index contributed by atoms with van der Waals surface area (Å²) >= 11 is 1.90. The van der Waals surface area contributed by atoms with Crippen molar-refractivity contribution in [1.29, 1.82) is 0 Å². The molecule has 28 aromatic rings. The summed E-state index contributed by atoms with van der Waals surface area (Å²) in [4.78, 5) is 32.0. The van der Waals surface area contributed by atoms with Crippen LogP contribution in [0.3, 0.4) is 0 Å². The smallest absolute Gasteiger partial charge is 0.160 e. The third-order valence-corrected chi connectivity index (χ3v) is 43.0. The molecule has 9 aromatic heterocycles. The number of hydrogen-bond acceptors (Lipinski definition) is 8. The maximum Gasteiger partial charge on any atom is 0.160 e. The van der Waals surface area contributed by atoms with E-state index in [4.69, 9.17) is 34.3 Å². The number of benzene rings is 19. The topological polar surface area (TPSA) is 110 Å². The van der Waals surface area contributed by atoms with Crippen molar-refractivity contribution >= 4 is 196 Å². The van der Waals surface area contributed by atoms with Crippen molar-refractivity contribution in [2.75, 3.05) is 0 Å². The zero-order chi connectivity index (χ0) is 97.8. The van der Waals surface area contributed by atoms with Crippen LogP contribution in [0.4, 0.5) is 0 Å². The highest BCUT2D eigenvalue weighted by Gasteiger charge is 2.46. The van der Waals surface area contributed by atoms with Gasteiger partial charge in [0, 0.05) is 125 Å². The first-order valence-corrected chi connectivity index (χ1v) is 60.3. The van der Waals surface area contributed by atoms with Crippen LogP contribution in [0.2, 0.25) is 39.3 Å². The Morgan fingerprint density at radius 3 is 0.993 bits per heavy atom. The number of rotatable bonds is 10. The lowest BCUT2D eigenvalue weighted by atomic mass is 10.1. The van der Waals surface area contributed by atoms with E-state index in [1.54, 1.807) is 0 Å². The van der Waals surface area contributed by atoms with Crippen LogP contribution in [0.1, 0.15) is 0 Å². The molecule has 694 valence electrons. The number of nitrogens with zero attached hydrogens (tertiary/aromatic N) is 10. The van der Waals surface area contributed by atoms with E-state index in [0.717, 1.165) is 146 Å². The van der Waals surface area contributed by atoms with Gasteiger partial charge in [-0.2, -0.15) is 0 Å². The van der Waals surface area contributed by atoms with Crippen LogP contribution in [-0.2, 0) is 0 Å². The summed E-state index contributed by atoms with van der Waals surface area (Å²) in [6.07, 6.45) is 0. The minimum Gasteiger partial charge on any atom is -0.455 e. The zero-order valence-electron chi connectivity index (χ0n) is 81.5. The Morgan fingerprint density at radius 2 is 0.537 bits per heavy atom. The Balaban J connectivity index is 0.000000104. The number of aromatic nitrogens is 10. The van der Waals surface area contributed by atoms with Crippen molar-refractivity contribution in [3.05, 3.63) is 449 Å². The van der Waals surface area contributed by atoms with E-state index in [1.807, 2.05) is 35.6 Å². The van der Waals surface area contributed by atoms with Gasteiger partial charge in [0.25, 0.3) is 0 Å². The summed E-state index contributed by atoms with van der Waals surface area (Å²) < 4.78 is 18.9. The summed E-state index contributed by atoms with van der Waals surface area (Å²) in [6.45, 7) is 14.6. The van der Waals surface area contributed by atoms with E-state index in [-0.39, 0.29) is 0 Å². The van der Waals surface area contributed by atoms with Gasteiger partial charge in [0.1, 0.15) is 35.4 Å². The van der Waals surface area contributed by atoms with Crippen LogP contribution in [0, 0.1) is 0 Å². The maximum atomic E-state index is 6.55. The van der Waals surface area contributed by atoms with Gasteiger partial charge in [0.15, 0.2) is 17.5 Å². The molecule has 11 nitrogen and oxygen atoms in total. The van der Waals surface area contributed by atoms with Crippen LogP contribution < -0.4 is 31.1 Å². The fourth-order valence-corrected chi connectivity index (χ4v) is 35.6. The number of thiophene rings is 1. The fourth-order valence-electron chi connectivity index (χ4n) is 24.7. The average Bonchev–Trinajstić information content (AvgIpc) is 1.56. The molecule has 0 atom stereocenters. The van der Waals surface area contributed by atoms with E-state index in [0.29, 0.717) is 0 Å². The number of para-hydroxylation sites is 6. The van der Waals surface area contributed by atoms with Gasteiger partial charge in [-0.15, -0.1) is 11.3 Å². The van der Waals surface area contributed by atoms with Crippen LogP contribution in [-0.4, -0.2) is 72.4 Å². The van der Waals surface area contributed by atoms with Gasteiger partial charge in [-0.3, -0.25) is 0 Å². The van der Waals surface area contributed by atoms with Gasteiger partial charge in [-0.25, -0.2) is 29.9 Å². The molecule has 0 unspecified atom stereocenters. The van der Waals surface area contributed by atoms with Gasteiger partial charge in [-0.05, 0) is 157 Å². The highest BCUT2D eigenvalue weighted by Crippen LogP contribution is 2.49. The first-order chi connectivity index (χ1) is 72.2. The lowest BCUT2D eigenvalue weighted by Gasteiger charge is -2.22. The van der Waals surface area contributed by atoms with Crippen molar-refractivity contribution in [2.45, 2.75) is 39.3 Å². The minimum atomic E-state index is -2.12. The summed E-state index contributed by atoms with van der Waals surface area (Å²) in [5.41, 5.74) is 32.4. The largest absolute Gasteiger partial charge is 0.455 e. The summed E-state index contributed by atoms with van der Waals surface area (Å²) in [5, 5.41) is 23.1. The highest BCUT2D eigenvalue weighted by atomic mass is 32.1. The van der Waals surface area contributed by atoms with Crippen LogP contribution in [0.15, 0.2) is 453 Å². The second-order valence-corrected chi connectivity index (χ2v) is 54.5. The maximum absolute atomic E-state index is 6.55. The second kappa shape index (κ2) is 33.2. The molecule has 0 saturated carbocycles. The Hall–Kier alpha value is -17.7. The molecule has 12 heterocycles. The summed E-state index contributed by atoms with van der Waals surface area (Å²) in [5.74, 6) is 2.30. The normalized spacial score (nSPS) is 13.4. The molecule has 0 N–H and O–H groups in total. The molecule has 31 rings (SSSR count). The molecular formula is C132H92N10OSSi3. The molecule has 147 heavy (non-hydrogen) atoms. The van der Waals surface area contributed by atoms with Crippen molar-refractivity contribution in [1.82, 2.24) is 48.2 Å². The molecular weight excluding hydrogens is 1860 g/mol. The zero-order valence-corrected chi connectivity index (χ0v) is 85.3. The van der Waals surface area contributed by atoms with Crippen molar-refractivity contribution in [3.8, 4) is 124 Å². The summed E-state index contributed by atoms with van der Waals surface area (Å²) in [7, 11) is -6.30. The number of furan rings is 1. The molecule has 0 aliphatic carbocycles. The standard InChI is InChI=1S/C48H34N4Si.C42H29N3OSi.C42H29N3SSi/c1-53(2)42-27-14-11-24-38(42)45-47(53)44(49-48(50-45)31-16-5-3-6-17-31)32-18-15-21-34(30-32)51-40-26-13-10-23-37(40)43-41(51)29-28-36-35-22-9-12-25-39(35)52(46(36)43)33-19-7-4-8-20-33;2*1-47(2)36-22-11-8-19-32(36)39-41(47)38(43-42(44-39)26-13-4-3-5-14-26)27-15-12-16-28(25-27)45-33-20-9-6-18-31(33)37-34(45)24-23-30-29-17-7-10-21-35(29)46-40(30)37/h3-30H,1-2H3;2*3-25H,1-2H3. The van der Waals surface area contributed by atoms with Gasteiger partial charge in [-0.1, -0.05) is 379 Å². The predicted molar refractivity (Wildman–Crippen MR) is 623 cm³/mol. The van der Waals surface area contributed by atoms with E-state index < -0.39 is 24.2 Å². The van der Waals surface area contributed by atoms with Gasteiger partial charge >= 0.3 is 0 Å². The molecule has 0 amide bonds.